The monoisotopic (exact) mass is 446 g/mol. The van der Waals surface area contributed by atoms with Crippen molar-refractivity contribution in [3.05, 3.63) is 101 Å². The third-order valence-electron chi connectivity index (χ3n) is 4.10. The first-order valence-electron chi connectivity index (χ1n) is 8.91. The fourth-order valence-electron chi connectivity index (χ4n) is 2.71. The van der Waals surface area contributed by atoms with Crippen LogP contribution >= 0.6 is 23.4 Å². The van der Waals surface area contributed by atoms with Gasteiger partial charge in [-0.05, 0) is 59.2 Å². The smallest absolute Gasteiger partial charge is 0.341 e. The van der Waals surface area contributed by atoms with Gasteiger partial charge in [0.1, 0.15) is 17.4 Å². The lowest BCUT2D eigenvalue weighted by Gasteiger charge is -2.10. The summed E-state index contributed by atoms with van der Waals surface area (Å²) in [4.78, 5) is 11.5. The molecular formula is C23H17ClF2O3S. The zero-order chi connectivity index (χ0) is 21.5. The molecule has 3 rings (SSSR count). The van der Waals surface area contributed by atoms with E-state index in [1.807, 2.05) is 6.08 Å². The number of benzene rings is 3. The van der Waals surface area contributed by atoms with Gasteiger partial charge in [0.25, 0.3) is 0 Å². The molecule has 0 amide bonds. The molecule has 154 valence electrons. The molecule has 1 N–H and O–H groups in total. The number of carbonyl (C=O) groups is 1. The Morgan fingerprint density at radius 3 is 2.03 bits per heavy atom. The predicted octanol–water partition coefficient (Wildman–Crippen LogP) is 6.31. The molecule has 0 spiro atoms. The van der Waals surface area contributed by atoms with Crippen LogP contribution in [0.4, 0.5) is 8.78 Å². The molecule has 0 bridgehead atoms. The van der Waals surface area contributed by atoms with E-state index >= 15 is 0 Å². The molecular weight excluding hydrogens is 430 g/mol. The standard InChI is InChI=1S/C23H17ClF2O3S/c24-21-13-19(9-10-22(21)29-14-23(27)28)30-12-11-20(15-1-5-17(25)6-2-15)16-3-7-18(26)8-4-16/h1-11,13H,12,14H2,(H,27,28). The summed E-state index contributed by atoms with van der Waals surface area (Å²) in [7, 11) is 0. The highest BCUT2D eigenvalue weighted by molar-refractivity contribution is 7.99. The van der Waals surface area contributed by atoms with E-state index in [0.29, 0.717) is 16.5 Å². The van der Waals surface area contributed by atoms with Crippen molar-refractivity contribution < 1.29 is 23.4 Å². The van der Waals surface area contributed by atoms with Gasteiger partial charge in [0, 0.05) is 10.6 Å². The average Bonchev–Trinajstić information content (AvgIpc) is 2.72. The summed E-state index contributed by atoms with van der Waals surface area (Å²) in [6.45, 7) is -0.465. The summed E-state index contributed by atoms with van der Waals surface area (Å²) in [6.07, 6.45) is 1.98. The van der Waals surface area contributed by atoms with Crippen molar-refractivity contribution in [2.75, 3.05) is 12.4 Å². The minimum absolute atomic E-state index is 0.303. The van der Waals surface area contributed by atoms with Gasteiger partial charge in [-0.25, -0.2) is 13.6 Å². The molecule has 30 heavy (non-hydrogen) atoms. The maximum atomic E-state index is 13.3. The van der Waals surface area contributed by atoms with Crippen LogP contribution in [0.2, 0.25) is 5.02 Å². The molecule has 0 saturated heterocycles. The Labute approximate surface area is 182 Å². The SMILES string of the molecule is O=C(O)COc1ccc(SCC=C(c2ccc(F)cc2)c2ccc(F)cc2)cc1Cl. The number of aliphatic carboxylic acids is 1. The van der Waals surface area contributed by atoms with E-state index in [4.69, 9.17) is 21.4 Å². The molecule has 0 saturated carbocycles. The van der Waals surface area contributed by atoms with Crippen molar-refractivity contribution in [1.29, 1.82) is 0 Å². The van der Waals surface area contributed by atoms with Crippen molar-refractivity contribution in [2.24, 2.45) is 0 Å². The summed E-state index contributed by atoms with van der Waals surface area (Å²) in [6, 6.07) is 17.4. The van der Waals surface area contributed by atoms with Crippen LogP contribution < -0.4 is 4.74 Å². The Balaban J connectivity index is 1.77. The van der Waals surface area contributed by atoms with Gasteiger partial charge in [-0.1, -0.05) is 41.9 Å². The van der Waals surface area contributed by atoms with Crippen LogP contribution in [-0.2, 0) is 4.79 Å². The van der Waals surface area contributed by atoms with Crippen molar-refractivity contribution in [1.82, 2.24) is 0 Å². The first-order chi connectivity index (χ1) is 14.4. The normalized spacial score (nSPS) is 10.5. The van der Waals surface area contributed by atoms with Gasteiger partial charge in [-0.15, -0.1) is 11.8 Å². The number of carboxylic acid groups (broad SMARTS) is 1. The Morgan fingerprint density at radius 2 is 1.53 bits per heavy atom. The lowest BCUT2D eigenvalue weighted by molar-refractivity contribution is -0.139. The molecule has 0 aliphatic heterocycles. The fourth-order valence-corrected chi connectivity index (χ4v) is 3.82. The van der Waals surface area contributed by atoms with Crippen LogP contribution in [0, 0.1) is 11.6 Å². The van der Waals surface area contributed by atoms with Crippen LogP contribution in [-0.4, -0.2) is 23.4 Å². The molecule has 0 fully saturated rings. The zero-order valence-electron chi connectivity index (χ0n) is 15.6. The quantitative estimate of drug-likeness (QED) is 0.412. The lowest BCUT2D eigenvalue weighted by atomic mass is 9.98. The third-order valence-corrected chi connectivity index (χ3v) is 5.32. The maximum Gasteiger partial charge on any atom is 0.341 e. The molecule has 0 unspecified atom stereocenters. The summed E-state index contributed by atoms with van der Waals surface area (Å²) in [5, 5.41) is 9.01. The number of halogens is 3. The second-order valence-electron chi connectivity index (χ2n) is 6.22. The Kier molecular flexibility index (Phi) is 7.49. The van der Waals surface area contributed by atoms with Gasteiger partial charge in [0.05, 0.1) is 5.02 Å². The van der Waals surface area contributed by atoms with Gasteiger partial charge in [0.2, 0.25) is 0 Å². The largest absolute Gasteiger partial charge is 0.480 e. The molecule has 3 aromatic carbocycles. The van der Waals surface area contributed by atoms with Gasteiger partial charge in [-0.3, -0.25) is 0 Å². The van der Waals surface area contributed by atoms with E-state index < -0.39 is 12.6 Å². The van der Waals surface area contributed by atoms with Crippen LogP contribution in [0.1, 0.15) is 11.1 Å². The third kappa shape index (κ3) is 6.08. The molecule has 3 aromatic rings. The van der Waals surface area contributed by atoms with Crippen LogP contribution in [0.5, 0.6) is 5.75 Å². The van der Waals surface area contributed by atoms with Crippen LogP contribution in [0.15, 0.2) is 77.7 Å². The van der Waals surface area contributed by atoms with Gasteiger partial charge >= 0.3 is 5.97 Å². The Hall–Kier alpha value is -2.83. The van der Waals surface area contributed by atoms with Gasteiger partial charge in [0.15, 0.2) is 6.61 Å². The van der Waals surface area contributed by atoms with E-state index in [0.717, 1.165) is 21.6 Å². The Morgan fingerprint density at radius 1 is 0.967 bits per heavy atom. The van der Waals surface area contributed by atoms with Crippen molar-refractivity contribution >= 4 is 34.9 Å². The minimum Gasteiger partial charge on any atom is -0.480 e. The highest BCUT2D eigenvalue weighted by Crippen LogP contribution is 2.31. The van der Waals surface area contributed by atoms with Gasteiger partial charge in [-0.2, -0.15) is 0 Å². The summed E-state index contributed by atoms with van der Waals surface area (Å²) in [5.74, 6) is -0.852. The predicted molar refractivity (Wildman–Crippen MR) is 115 cm³/mol. The molecule has 0 aliphatic rings. The van der Waals surface area contributed by atoms with E-state index in [1.54, 1.807) is 42.5 Å². The number of thioether (sulfide) groups is 1. The first-order valence-corrected chi connectivity index (χ1v) is 10.3. The van der Waals surface area contributed by atoms with E-state index in [9.17, 15) is 13.6 Å². The number of rotatable bonds is 8. The summed E-state index contributed by atoms with van der Waals surface area (Å²) >= 11 is 7.67. The van der Waals surface area contributed by atoms with Crippen LogP contribution in [0.25, 0.3) is 5.57 Å². The molecule has 0 radical (unpaired) electrons. The summed E-state index contributed by atoms with van der Waals surface area (Å²) in [5.41, 5.74) is 2.49. The second kappa shape index (κ2) is 10.3. The number of hydrogen-bond acceptors (Lipinski definition) is 3. The maximum absolute atomic E-state index is 13.3. The number of carboxylic acids is 1. The van der Waals surface area contributed by atoms with Crippen molar-refractivity contribution in [2.45, 2.75) is 4.90 Å². The average molecular weight is 447 g/mol. The molecule has 0 aromatic heterocycles. The minimum atomic E-state index is -1.08. The molecule has 0 aliphatic carbocycles. The fraction of sp³-hybridized carbons (Fsp3) is 0.0870. The zero-order valence-corrected chi connectivity index (χ0v) is 17.2. The topological polar surface area (TPSA) is 46.5 Å². The summed E-state index contributed by atoms with van der Waals surface area (Å²) < 4.78 is 31.8. The molecule has 7 heteroatoms. The molecule has 0 heterocycles. The van der Waals surface area contributed by atoms with E-state index in [-0.39, 0.29) is 11.6 Å². The first kappa shape index (κ1) is 21.9. The highest BCUT2D eigenvalue weighted by Gasteiger charge is 2.08. The van der Waals surface area contributed by atoms with E-state index in [1.165, 1.54) is 36.0 Å². The number of hydrogen-bond donors (Lipinski definition) is 1. The second-order valence-corrected chi connectivity index (χ2v) is 7.72. The number of ether oxygens (including phenoxy) is 1. The van der Waals surface area contributed by atoms with E-state index in [2.05, 4.69) is 0 Å². The van der Waals surface area contributed by atoms with Crippen molar-refractivity contribution in [3.63, 3.8) is 0 Å². The molecule has 3 nitrogen and oxygen atoms in total. The highest BCUT2D eigenvalue weighted by atomic mass is 35.5. The van der Waals surface area contributed by atoms with Crippen LogP contribution in [0.3, 0.4) is 0 Å². The lowest BCUT2D eigenvalue weighted by Crippen LogP contribution is -2.09. The molecule has 0 atom stereocenters. The van der Waals surface area contributed by atoms with Crippen molar-refractivity contribution in [3.8, 4) is 5.75 Å². The Bertz CT molecular complexity index is 1000. The van der Waals surface area contributed by atoms with Gasteiger partial charge < -0.3 is 9.84 Å².